The van der Waals surface area contributed by atoms with Crippen LogP contribution in [0.4, 0.5) is 0 Å². The summed E-state index contributed by atoms with van der Waals surface area (Å²) in [5, 5.41) is 1.72. The first kappa shape index (κ1) is 11.8. The van der Waals surface area contributed by atoms with Gasteiger partial charge in [0.1, 0.15) is 5.01 Å². The van der Waals surface area contributed by atoms with Crippen molar-refractivity contribution in [3.63, 3.8) is 0 Å². The van der Waals surface area contributed by atoms with Gasteiger partial charge in [0.2, 0.25) is 0 Å². The van der Waals surface area contributed by atoms with Gasteiger partial charge in [-0.2, -0.15) is 0 Å². The van der Waals surface area contributed by atoms with E-state index in [1.807, 2.05) is 29.0 Å². The van der Waals surface area contributed by atoms with E-state index < -0.39 is 0 Å². The number of thiazole rings is 1. The lowest BCUT2D eigenvalue weighted by Crippen LogP contribution is -2.09. The van der Waals surface area contributed by atoms with Crippen LogP contribution in [0.1, 0.15) is 5.01 Å². The maximum absolute atomic E-state index is 5.96. The van der Waals surface area contributed by atoms with Crippen LogP contribution < -0.4 is 0 Å². The third-order valence-electron chi connectivity index (χ3n) is 2.49. The van der Waals surface area contributed by atoms with Crippen LogP contribution >= 0.6 is 35.2 Å². The second kappa shape index (κ2) is 4.76. The van der Waals surface area contributed by atoms with Crippen molar-refractivity contribution in [2.45, 2.75) is 6.42 Å². The molecule has 18 heavy (non-hydrogen) atoms. The molecule has 0 fully saturated rings. The van der Waals surface area contributed by atoms with Crippen molar-refractivity contribution in [2.75, 3.05) is 0 Å². The summed E-state index contributed by atoms with van der Waals surface area (Å²) in [7, 11) is 0. The van der Waals surface area contributed by atoms with E-state index in [1.54, 1.807) is 23.9 Å². The fourth-order valence-corrected chi connectivity index (χ4v) is 3.23. The van der Waals surface area contributed by atoms with Gasteiger partial charge in [0.25, 0.3) is 0 Å². The second-order valence-corrected chi connectivity index (χ2v) is 5.78. The van der Waals surface area contributed by atoms with E-state index in [9.17, 15) is 0 Å². The molecule has 0 aliphatic carbocycles. The maximum Gasteiger partial charge on any atom is 0.101 e. The highest BCUT2D eigenvalue weighted by Gasteiger charge is 2.08. The van der Waals surface area contributed by atoms with Crippen LogP contribution in [-0.2, 0) is 6.42 Å². The molecule has 0 saturated heterocycles. The molecule has 1 aromatic carbocycles. The van der Waals surface area contributed by atoms with Gasteiger partial charge in [-0.05, 0) is 18.2 Å². The van der Waals surface area contributed by atoms with E-state index in [0.29, 0.717) is 6.42 Å². The van der Waals surface area contributed by atoms with E-state index in [-0.39, 0.29) is 0 Å². The molecule has 0 atom stereocenters. The second-order valence-electron chi connectivity index (χ2n) is 3.76. The summed E-state index contributed by atoms with van der Waals surface area (Å²) in [6, 6.07) is 5.71. The van der Waals surface area contributed by atoms with Crippen LogP contribution in [0.25, 0.3) is 10.2 Å². The number of thiocarbonyl (C=S) groups is 1. The molecule has 2 aromatic heterocycles. The van der Waals surface area contributed by atoms with Crippen molar-refractivity contribution in [3.8, 4) is 0 Å². The Morgan fingerprint density at radius 2 is 2.33 bits per heavy atom. The quantitative estimate of drug-likeness (QED) is 0.677. The number of aromatic nitrogens is 3. The van der Waals surface area contributed by atoms with Gasteiger partial charge in [-0.1, -0.05) is 23.8 Å². The molecule has 3 nitrogen and oxygen atoms in total. The van der Waals surface area contributed by atoms with Gasteiger partial charge < -0.3 is 0 Å². The first-order chi connectivity index (χ1) is 8.72. The van der Waals surface area contributed by atoms with Crippen LogP contribution in [0.5, 0.6) is 0 Å². The number of rotatable bonds is 2. The number of nitrogens with zero attached hydrogens (tertiary/aromatic N) is 3. The van der Waals surface area contributed by atoms with E-state index >= 15 is 0 Å². The minimum atomic E-state index is 0.642. The van der Waals surface area contributed by atoms with Crippen molar-refractivity contribution in [1.29, 1.82) is 0 Å². The standard InChI is InChI=1S/C12H8ClN3S2/c13-8-1-2-9-10(5-8)18-11(15-9)6-12(17)16-4-3-14-7-16/h1-5,7H,6H2. The van der Waals surface area contributed by atoms with Gasteiger partial charge in [0, 0.05) is 17.4 Å². The molecule has 90 valence electrons. The largest absolute Gasteiger partial charge is 0.300 e. The SMILES string of the molecule is S=C(Cc1nc2ccc(Cl)cc2s1)n1ccnc1. The van der Waals surface area contributed by atoms with Gasteiger partial charge >= 0.3 is 0 Å². The Labute approximate surface area is 118 Å². The summed E-state index contributed by atoms with van der Waals surface area (Å²) in [5.41, 5.74) is 0.966. The molecular formula is C12H8ClN3S2. The molecule has 3 rings (SSSR count). The van der Waals surface area contributed by atoms with Gasteiger partial charge in [0.15, 0.2) is 0 Å². The zero-order chi connectivity index (χ0) is 12.5. The molecule has 0 bridgehead atoms. The average molecular weight is 294 g/mol. The smallest absolute Gasteiger partial charge is 0.101 e. The number of halogens is 1. The predicted octanol–water partition coefficient (Wildman–Crippen LogP) is 3.56. The Hall–Kier alpha value is -1.30. The Balaban J connectivity index is 1.89. The molecule has 3 aromatic rings. The number of hydrogen-bond acceptors (Lipinski definition) is 4. The Morgan fingerprint density at radius 3 is 3.11 bits per heavy atom. The molecule has 0 aliphatic rings. The van der Waals surface area contributed by atoms with E-state index in [0.717, 1.165) is 25.2 Å². The fourth-order valence-electron chi connectivity index (χ4n) is 1.65. The highest BCUT2D eigenvalue weighted by Crippen LogP contribution is 2.25. The maximum atomic E-state index is 5.96. The van der Waals surface area contributed by atoms with Gasteiger partial charge in [-0.25, -0.2) is 9.97 Å². The van der Waals surface area contributed by atoms with E-state index in [1.165, 1.54) is 0 Å². The van der Waals surface area contributed by atoms with Crippen molar-refractivity contribution in [3.05, 3.63) is 47.0 Å². The van der Waals surface area contributed by atoms with Crippen LogP contribution in [0.2, 0.25) is 5.02 Å². The lowest BCUT2D eigenvalue weighted by molar-refractivity contribution is 1.10. The molecule has 0 aliphatic heterocycles. The van der Waals surface area contributed by atoms with Crippen molar-refractivity contribution in [2.24, 2.45) is 0 Å². The lowest BCUT2D eigenvalue weighted by atomic mass is 10.3. The summed E-state index contributed by atoms with van der Waals surface area (Å²) in [4.78, 5) is 9.31. The highest BCUT2D eigenvalue weighted by molar-refractivity contribution is 7.80. The van der Waals surface area contributed by atoms with Crippen molar-refractivity contribution in [1.82, 2.24) is 14.5 Å². The molecule has 0 N–H and O–H groups in total. The highest BCUT2D eigenvalue weighted by atomic mass is 35.5. The third-order valence-corrected chi connectivity index (χ3v) is 4.10. The molecule has 0 saturated carbocycles. The van der Waals surface area contributed by atoms with Crippen molar-refractivity contribution >= 4 is 50.4 Å². The third kappa shape index (κ3) is 2.29. The number of hydrogen-bond donors (Lipinski definition) is 0. The normalized spacial score (nSPS) is 10.9. The summed E-state index contributed by atoms with van der Waals surface area (Å²) in [5.74, 6) is 0. The zero-order valence-corrected chi connectivity index (χ0v) is 11.6. The lowest BCUT2D eigenvalue weighted by Gasteiger charge is -2.00. The van der Waals surface area contributed by atoms with Gasteiger partial charge in [-0.3, -0.25) is 4.57 Å². The molecule has 0 amide bonds. The Bertz CT molecular complexity index is 703. The summed E-state index contributed by atoms with van der Waals surface area (Å²) < 4.78 is 2.92. The summed E-state index contributed by atoms with van der Waals surface area (Å²) >= 11 is 12.9. The van der Waals surface area contributed by atoms with Crippen LogP contribution in [0.3, 0.4) is 0 Å². The van der Waals surface area contributed by atoms with Crippen LogP contribution in [0.15, 0.2) is 36.9 Å². The molecule has 0 unspecified atom stereocenters. The van der Waals surface area contributed by atoms with Crippen LogP contribution in [0, 0.1) is 0 Å². The Morgan fingerprint density at radius 1 is 1.44 bits per heavy atom. The molecule has 6 heteroatoms. The first-order valence-electron chi connectivity index (χ1n) is 5.28. The number of benzene rings is 1. The monoisotopic (exact) mass is 293 g/mol. The average Bonchev–Trinajstić information content (AvgIpc) is 2.95. The molecular weight excluding hydrogens is 286 g/mol. The minimum Gasteiger partial charge on any atom is -0.300 e. The zero-order valence-electron chi connectivity index (χ0n) is 9.21. The summed E-state index contributed by atoms with van der Waals surface area (Å²) in [6.45, 7) is 0. The topological polar surface area (TPSA) is 30.7 Å². The fraction of sp³-hybridized carbons (Fsp3) is 0.0833. The molecule has 2 heterocycles. The molecule has 0 radical (unpaired) electrons. The Kier molecular flexibility index (Phi) is 3.11. The number of imidazole rings is 1. The summed E-state index contributed by atoms with van der Waals surface area (Å²) in [6.07, 6.45) is 5.89. The van der Waals surface area contributed by atoms with Crippen molar-refractivity contribution < 1.29 is 0 Å². The minimum absolute atomic E-state index is 0.642. The predicted molar refractivity (Wildman–Crippen MR) is 78.6 cm³/mol. The van der Waals surface area contributed by atoms with E-state index in [4.69, 9.17) is 23.8 Å². The van der Waals surface area contributed by atoms with E-state index in [2.05, 4.69) is 9.97 Å². The first-order valence-corrected chi connectivity index (χ1v) is 6.89. The van der Waals surface area contributed by atoms with Gasteiger partial charge in [-0.15, -0.1) is 11.3 Å². The number of fused-ring (bicyclic) bond motifs is 1. The molecule has 0 spiro atoms. The van der Waals surface area contributed by atoms with Gasteiger partial charge in [0.05, 0.1) is 28.0 Å². The van der Waals surface area contributed by atoms with Crippen LogP contribution in [-0.4, -0.2) is 19.5 Å².